The van der Waals surface area contributed by atoms with Crippen molar-refractivity contribution in [1.29, 1.82) is 0 Å². The fourth-order valence-electron chi connectivity index (χ4n) is 2.09. The SMILES string of the molecule is COc1ccc(Cc2nnc(SCCOc3ccccc3)o2)cc1. The minimum Gasteiger partial charge on any atom is -0.497 e. The fourth-order valence-corrected chi connectivity index (χ4v) is 2.69. The van der Waals surface area contributed by atoms with Gasteiger partial charge >= 0.3 is 0 Å². The van der Waals surface area contributed by atoms with E-state index in [4.69, 9.17) is 13.9 Å². The Balaban J connectivity index is 1.44. The first-order valence-electron chi connectivity index (χ1n) is 7.59. The summed E-state index contributed by atoms with van der Waals surface area (Å²) in [6.07, 6.45) is 0.609. The largest absolute Gasteiger partial charge is 0.497 e. The summed E-state index contributed by atoms with van der Waals surface area (Å²) < 4.78 is 16.4. The van der Waals surface area contributed by atoms with Crippen molar-refractivity contribution in [3.05, 3.63) is 66.1 Å². The van der Waals surface area contributed by atoms with Gasteiger partial charge in [-0.1, -0.05) is 42.1 Å². The third kappa shape index (κ3) is 4.76. The number of aromatic nitrogens is 2. The zero-order chi connectivity index (χ0) is 16.6. The van der Waals surface area contributed by atoms with Gasteiger partial charge in [0.2, 0.25) is 5.89 Å². The van der Waals surface area contributed by atoms with Crippen LogP contribution in [-0.2, 0) is 6.42 Å². The fraction of sp³-hybridized carbons (Fsp3) is 0.222. The number of hydrogen-bond donors (Lipinski definition) is 0. The smallest absolute Gasteiger partial charge is 0.276 e. The Labute approximate surface area is 145 Å². The summed E-state index contributed by atoms with van der Waals surface area (Å²) in [4.78, 5) is 0. The first kappa shape index (κ1) is 16.4. The number of para-hydroxylation sites is 1. The molecule has 0 aliphatic rings. The monoisotopic (exact) mass is 342 g/mol. The summed E-state index contributed by atoms with van der Waals surface area (Å²) in [6, 6.07) is 17.6. The molecule has 0 amide bonds. The van der Waals surface area contributed by atoms with E-state index >= 15 is 0 Å². The number of benzene rings is 2. The van der Waals surface area contributed by atoms with E-state index in [1.54, 1.807) is 7.11 Å². The first-order chi connectivity index (χ1) is 11.8. The summed E-state index contributed by atoms with van der Waals surface area (Å²) in [7, 11) is 1.65. The van der Waals surface area contributed by atoms with Crippen molar-refractivity contribution >= 4 is 11.8 Å². The van der Waals surface area contributed by atoms with Crippen LogP contribution in [0, 0.1) is 0 Å². The lowest BCUT2D eigenvalue weighted by Crippen LogP contribution is -1.99. The number of methoxy groups -OCH3 is 1. The van der Waals surface area contributed by atoms with E-state index in [1.165, 1.54) is 11.8 Å². The van der Waals surface area contributed by atoms with Gasteiger partial charge in [0, 0.05) is 5.75 Å². The lowest BCUT2D eigenvalue weighted by Gasteiger charge is -2.03. The molecule has 0 radical (unpaired) electrons. The highest BCUT2D eigenvalue weighted by atomic mass is 32.2. The van der Waals surface area contributed by atoms with Crippen LogP contribution >= 0.6 is 11.8 Å². The molecule has 3 aromatic rings. The molecular formula is C18H18N2O3S. The van der Waals surface area contributed by atoms with Gasteiger partial charge in [0.15, 0.2) is 0 Å². The average Bonchev–Trinajstić information content (AvgIpc) is 3.08. The maximum absolute atomic E-state index is 5.65. The van der Waals surface area contributed by atoms with E-state index in [1.807, 2.05) is 54.6 Å². The average molecular weight is 342 g/mol. The van der Waals surface area contributed by atoms with Gasteiger partial charge in [-0.25, -0.2) is 0 Å². The Hall–Kier alpha value is -2.47. The van der Waals surface area contributed by atoms with Gasteiger partial charge in [0.25, 0.3) is 5.22 Å². The third-order valence-electron chi connectivity index (χ3n) is 3.28. The zero-order valence-electron chi connectivity index (χ0n) is 13.3. The predicted octanol–water partition coefficient (Wildman–Crippen LogP) is 3.84. The molecule has 0 aliphatic heterocycles. The van der Waals surface area contributed by atoms with E-state index in [9.17, 15) is 0 Å². The lowest BCUT2D eigenvalue weighted by atomic mass is 10.1. The van der Waals surface area contributed by atoms with Crippen molar-refractivity contribution in [2.75, 3.05) is 19.5 Å². The second kappa shape index (κ2) is 8.40. The number of nitrogens with zero attached hydrogens (tertiary/aromatic N) is 2. The molecule has 1 aromatic heterocycles. The molecule has 6 heteroatoms. The minimum absolute atomic E-state index is 0.565. The minimum atomic E-state index is 0.565. The molecule has 124 valence electrons. The van der Waals surface area contributed by atoms with Crippen molar-refractivity contribution in [3.63, 3.8) is 0 Å². The van der Waals surface area contributed by atoms with Crippen LogP contribution in [0.25, 0.3) is 0 Å². The summed E-state index contributed by atoms with van der Waals surface area (Å²) in [5.74, 6) is 3.05. The van der Waals surface area contributed by atoms with Crippen molar-refractivity contribution in [2.45, 2.75) is 11.6 Å². The molecule has 0 spiro atoms. The normalized spacial score (nSPS) is 10.5. The molecule has 0 atom stereocenters. The van der Waals surface area contributed by atoms with E-state index < -0.39 is 0 Å². The van der Waals surface area contributed by atoms with E-state index in [0.717, 1.165) is 22.8 Å². The van der Waals surface area contributed by atoms with Crippen LogP contribution in [0.4, 0.5) is 0 Å². The molecule has 2 aromatic carbocycles. The molecule has 0 fully saturated rings. The van der Waals surface area contributed by atoms with Crippen LogP contribution < -0.4 is 9.47 Å². The maximum atomic E-state index is 5.65. The van der Waals surface area contributed by atoms with Gasteiger partial charge in [-0.3, -0.25) is 0 Å². The van der Waals surface area contributed by atoms with Gasteiger partial charge < -0.3 is 13.9 Å². The third-order valence-corrected chi connectivity index (χ3v) is 4.07. The Bertz CT molecular complexity index is 744. The summed E-state index contributed by atoms with van der Waals surface area (Å²) in [6.45, 7) is 0.588. The molecular weight excluding hydrogens is 324 g/mol. The van der Waals surface area contributed by atoms with Gasteiger partial charge in [-0.15, -0.1) is 10.2 Å². The molecule has 0 saturated carbocycles. The van der Waals surface area contributed by atoms with Gasteiger partial charge in [0.05, 0.1) is 20.1 Å². The van der Waals surface area contributed by atoms with E-state index in [2.05, 4.69) is 10.2 Å². The van der Waals surface area contributed by atoms with Gasteiger partial charge in [-0.2, -0.15) is 0 Å². The van der Waals surface area contributed by atoms with Crippen LogP contribution in [0.5, 0.6) is 11.5 Å². The Morgan fingerprint density at radius 1 is 0.958 bits per heavy atom. The van der Waals surface area contributed by atoms with Crippen molar-refractivity contribution < 1.29 is 13.9 Å². The van der Waals surface area contributed by atoms with E-state index in [-0.39, 0.29) is 0 Å². The molecule has 0 unspecified atom stereocenters. The van der Waals surface area contributed by atoms with Crippen LogP contribution in [0.15, 0.2) is 64.2 Å². The van der Waals surface area contributed by atoms with Crippen LogP contribution in [0.3, 0.4) is 0 Å². The molecule has 1 heterocycles. The standard InChI is InChI=1S/C18H18N2O3S/c1-21-15-9-7-14(8-10-15)13-17-19-20-18(23-17)24-12-11-22-16-5-3-2-4-6-16/h2-10H,11-13H2,1H3. The van der Waals surface area contributed by atoms with Gasteiger partial charge in [0.1, 0.15) is 11.5 Å². The van der Waals surface area contributed by atoms with Crippen LogP contribution in [-0.4, -0.2) is 29.7 Å². The highest BCUT2D eigenvalue weighted by molar-refractivity contribution is 7.99. The first-order valence-corrected chi connectivity index (χ1v) is 8.58. The van der Waals surface area contributed by atoms with Crippen LogP contribution in [0.1, 0.15) is 11.5 Å². The van der Waals surface area contributed by atoms with Crippen molar-refractivity contribution in [1.82, 2.24) is 10.2 Å². The Morgan fingerprint density at radius 3 is 2.50 bits per heavy atom. The van der Waals surface area contributed by atoms with Crippen LogP contribution in [0.2, 0.25) is 0 Å². The number of ether oxygens (including phenoxy) is 2. The topological polar surface area (TPSA) is 57.4 Å². The highest BCUT2D eigenvalue weighted by Crippen LogP contribution is 2.19. The molecule has 3 rings (SSSR count). The van der Waals surface area contributed by atoms with Crippen molar-refractivity contribution in [3.8, 4) is 11.5 Å². The predicted molar refractivity (Wildman–Crippen MR) is 92.8 cm³/mol. The maximum Gasteiger partial charge on any atom is 0.276 e. The second-order valence-corrected chi connectivity index (χ2v) is 6.04. The number of rotatable bonds is 8. The Morgan fingerprint density at radius 2 is 1.75 bits per heavy atom. The molecule has 5 nitrogen and oxygen atoms in total. The highest BCUT2D eigenvalue weighted by Gasteiger charge is 2.08. The second-order valence-electron chi connectivity index (χ2n) is 5.00. The number of hydrogen-bond acceptors (Lipinski definition) is 6. The molecule has 0 bridgehead atoms. The lowest BCUT2D eigenvalue weighted by molar-refractivity contribution is 0.343. The van der Waals surface area contributed by atoms with Gasteiger partial charge in [-0.05, 0) is 29.8 Å². The number of thioether (sulfide) groups is 1. The molecule has 24 heavy (non-hydrogen) atoms. The summed E-state index contributed by atoms with van der Waals surface area (Å²) in [5.41, 5.74) is 1.10. The van der Waals surface area contributed by atoms with Crippen molar-refractivity contribution in [2.24, 2.45) is 0 Å². The zero-order valence-corrected chi connectivity index (χ0v) is 14.2. The quantitative estimate of drug-likeness (QED) is 0.458. The molecule has 0 N–H and O–H groups in total. The molecule has 0 aliphatic carbocycles. The van der Waals surface area contributed by atoms with E-state index in [0.29, 0.717) is 24.1 Å². The molecule has 0 saturated heterocycles. The summed E-state index contributed by atoms with van der Waals surface area (Å²) in [5, 5.41) is 8.70. The Kier molecular flexibility index (Phi) is 5.74. The summed E-state index contributed by atoms with van der Waals surface area (Å²) >= 11 is 1.49.